The van der Waals surface area contributed by atoms with E-state index in [1.54, 1.807) is 6.92 Å². The van der Waals surface area contributed by atoms with E-state index in [1.165, 1.54) is 4.90 Å². The molecule has 1 fully saturated rings. The third-order valence-electron chi connectivity index (χ3n) is 4.46. The van der Waals surface area contributed by atoms with E-state index in [-0.39, 0.29) is 44.5 Å². The molecule has 0 unspecified atom stereocenters. The first-order valence-corrected chi connectivity index (χ1v) is 8.84. The van der Waals surface area contributed by atoms with Crippen LogP contribution >= 0.6 is 0 Å². The summed E-state index contributed by atoms with van der Waals surface area (Å²) in [5.74, 6) is 0.595. The number of imidazole rings is 1. The number of hydrogen-bond acceptors (Lipinski definition) is 4. The van der Waals surface area contributed by atoms with Gasteiger partial charge < -0.3 is 19.9 Å². The molecule has 26 heavy (non-hydrogen) atoms. The number of para-hydroxylation sites is 2. The maximum Gasteiger partial charge on any atom is 0.407 e. The SMILES string of the molecule is CCOC(=O)NC[C@@H]1C[C@H](F)CN1C(=O)CCc1nc2ccccc2[nH]1. The summed E-state index contributed by atoms with van der Waals surface area (Å²) in [6.07, 6.45) is -0.701. The third kappa shape index (κ3) is 4.30. The topological polar surface area (TPSA) is 87.3 Å². The van der Waals surface area contributed by atoms with Crippen LogP contribution in [0.5, 0.6) is 0 Å². The fraction of sp³-hybridized carbons (Fsp3) is 0.500. The number of nitrogens with zero attached hydrogens (tertiary/aromatic N) is 2. The average Bonchev–Trinajstić information content (AvgIpc) is 3.21. The number of ether oxygens (including phenoxy) is 1. The molecule has 2 heterocycles. The number of aromatic amines is 1. The Kier molecular flexibility index (Phi) is 5.70. The van der Waals surface area contributed by atoms with Crippen LogP contribution in [0.4, 0.5) is 9.18 Å². The molecule has 0 spiro atoms. The molecule has 0 bridgehead atoms. The van der Waals surface area contributed by atoms with Crippen LogP contribution in [0.3, 0.4) is 0 Å². The molecule has 1 saturated heterocycles. The van der Waals surface area contributed by atoms with Crippen LogP contribution in [0, 0.1) is 0 Å². The standard InChI is InChI=1S/C18H23FN4O3/c1-2-26-18(25)20-10-13-9-12(19)11-23(13)17(24)8-7-16-21-14-5-3-4-6-15(14)22-16/h3-6,12-13H,2,7-11H2,1H3,(H,20,25)(H,21,22)/t12-,13-/m0/s1. The molecule has 1 aromatic carbocycles. The van der Waals surface area contributed by atoms with E-state index in [0.29, 0.717) is 6.42 Å². The number of nitrogens with one attached hydrogen (secondary N) is 2. The third-order valence-corrected chi connectivity index (χ3v) is 4.46. The number of halogens is 1. The smallest absolute Gasteiger partial charge is 0.407 e. The summed E-state index contributed by atoms with van der Waals surface area (Å²) in [4.78, 5) is 33.1. The first-order chi connectivity index (χ1) is 12.6. The van der Waals surface area contributed by atoms with Gasteiger partial charge in [-0.05, 0) is 19.1 Å². The number of aromatic nitrogens is 2. The average molecular weight is 362 g/mol. The molecule has 140 valence electrons. The van der Waals surface area contributed by atoms with E-state index < -0.39 is 12.3 Å². The lowest BCUT2D eigenvalue weighted by Gasteiger charge is -2.24. The maximum atomic E-state index is 13.8. The Bertz CT molecular complexity index is 746. The van der Waals surface area contributed by atoms with Crippen LogP contribution in [0.25, 0.3) is 11.0 Å². The lowest BCUT2D eigenvalue weighted by molar-refractivity contribution is -0.132. The van der Waals surface area contributed by atoms with Crippen molar-refractivity contribution in [3.8, 4) is 0 Å². The molecule has 1 aliphatic rings. The Balaban J connectivity index is 1.55. The van der Waals surface area contributed by atoms with Gasteiger partial charge >= 0.3 is 6.09 Å². The predicted octanol–water partition coefficient (Wildman–Crippen LogP) is 2.18. The Labute approximate surface area is 150 Å². The minimum Gasteiger partial charge on any atom is -0.450 e. The van der Waals surface area contributed by atoms with E-state index in [2.05, 4.69) is 15.3 Å². The first-order valence-electron chi connectivity index (χ1n) is 8.84. The quantitative estimate of drug-likeness (QED) is 0.825. The van der Waals surface area contributed by atoms with Crippen molar-refractivity contribution in [3.63, 3.8) is 0 Å². The van der Waals surface area contributed by atoms with Gasteiger partial charge in [0.25, 0.3) is 0 Å². The largest absolute Gasteiger partial charge is 0.450 e. The lowest BCUT2D eigenvalue weighted by atomic mass is 10.2. The second kappa shape index (κ2) is 8.16. The van der Waals surface area contributed by atoms with Gasteiger partial charge in [-0.2, -0.15) is 0 Å². The number of aryl methyl sites for hydroxylation is 1. The van der Waals surface area contributed by atoms with Crippen LogP contribution < -0.4 is 5.32 Å². The van der Waals surface area contributed by atoms with Gasteiger partial charge in [0.15, 0.2) is 0 Å². The molecule has 2 N–H and O–H groups in total. The van der Waals surface area contributed by atoms with Crippen LogP contribution in [-0.2, 0) is 16.0 Å². The highest BCUT2D eigenvalue weighted by molar-refractivity contribution is 5.78. The van der Waals surface area contributed by atoms with Gasteiger partial charge in [-0.15, -0.1) is 0 Å². The molecule has 2 aromatic rings. The van der Waals surface area contributed by atoms with Crippen molar-refractivity contribution < 1.29 is 18.7 Å². The number of amides is 2. The van der Waals surface area contributed by atoms with Gasteiger partial charge in [-0.3, -0.25) is 4.79 Å². The lowest BCUT2D eigenvalue weighted by Crippen LogP contribution is -2.43. The molecule has 0 saturated carbocycles. The number of hydrogen-bond donors (Lipinski definition) is 2. The molecule has 1 aliphatic heterocycles. The van der Waals surface area contributed by atoms with Gasteiger partial charge in [-0.1, -0.05) is 12.1 Å². The zero-order chi connectivity index (χ0) is 18.5. The van der Waals surface area contributed by atoms with Crippen molar-refractivity contribution in [2.75, 3.05) is 19.7 Å². The number of carbonyl (C=O) groups is 2. The zero-order valence-electron chi connectivity index (χ0n) is 14.7. The fourth-order valence-electron chi connectivity index (χ4n) is 3.23. The number of fused-ring (bicyclic) bond motifs is 1. The highest BCUT2D eigenvalue weighted by Gasteiger charge is 2.35. The van der Waals surface area contributed by atoms with Gasteiger partial charge in [-0.25, -0.2) is 14.2 Å². The number of rotatable bonds is 6. The van der Waals surface area contributed by atoms with Crippen LogP contribution in [0.2, 0.25) is 0 Å². The first kappa shape index (κ1) is 18.2. The summed E-state index contributed by atoms with van der Waals surface area (Å²) in [7, 11) is 0. The van der Waals surface area contributed by atoms with Gasteiger partial charge in [0.05, 0.1) is 30.2 Å². The summed E-state index contributed by atoms with van der Waals surface area (Å²) in [6, 6.07) is 7.31. The molecular formula is C18H23FN4O3. The highest BCUT2D eigenvalue weighted by atomic mass is 19.1. The van der Waals surface area contributed by atoms with Crippen LogP contribution in [-0.4, -0.2) is 58.8 Å². The van der Waals surface area contributed by atoms with Crippen LogP contribution in [0.1, 0.15) is 25.6 Å². The predicted molar refractivity (Wildman–Crippen MR) is 94.5 cm³/mol. The van der Waals surface area contributed by atoms with Crippen molar-refractivity contribution in [3.05, 3.63) is 30.1 Å². The molecule has 0 radical (unpaired) electrons. The second-order valence-electron chi connectivity index (χ2n) is 6.33. The van der Waals surface area contributed by atoms with E-state index in [1.807, 2.05) is 24.3 Å². The maximum absolute atomic E-state index is 13.8. The van der Waals surface area contributed by atoms with E-state index in [9.17, 15) is 14.0 Å². The number of alkyl halides is 1. The second-order valence-corrected chi connectivity index (χ2v) is 6.33. The number of carbonyl (C=O) groups excluding carboxylic acids is 2. The molecular weight excluding hydrogens is 339 g/mol. The minimum absolute atomic E-state index is 0.0636. The van der Waals surface area contributed by atoms with Crippen LogP contribution in [0.15, 0.2) is 24.3 Å². The molecule has 3 rings (SSSR count). The molecule has 1 aromatic heterocycles. The zero-order valence-corrected chi connectivity index (χ0v) is 14.7. The number of benzene rings is 1. The minimum atomic E-state index is -1.07. The van der Waals surface area contributed by atoms with E-state index in [0.717, 1.165) is 16.9 Å². The number of alkyl carbamates (subject to hydrolysis) is 1. The molecule has 7 nitrogen and oxygen atoms in total. The van der Waals surface area contributed by atoms with Crippen molar-refractivity contribution in [2.24, 2.45) is 0 Å². The summed E-state index contributed by atoms with van der Waals surface area (Å²) >= 11 is 0. The normalized spacial score (nSPS) is 19.7. The summed E-state index contributed by atoms with van der Waals surface area (Å²) < 4.78 is 18.6. The summed E-state index contributed by atoms with van der Waals surface area (Å²) in [6.45, 7) is 2.23. The monoisotopic (exact) mass is 362 g/mol. The highest BCUT2D eigenvalue weighted by Crippen LogP contribution is 2.21. The fourth-order valence-corrected chi connectivity index (χ4v) is 3.23. The van der Waals surface area contributed by atoms with Gasteiger partial charge in [0, 0.05) is 25.8 Å². The Morgan fingerprint density at radius 3 is 3.00 bits per heavy atom. The van der Waals surface area contributed by atoms with Crippen molar-refractivity contribution in [1.82, 2.24) is 20.2 Å². The Hall–Kier alpha value is -2.64. The summed E-state index contributed by atoms with van der Waals surface area (Å²) in [5.41, 5.74) is 1.79. The van der Waals surface area contributed by atoms with Gasteiger partial charge in [0.2, 0.25) is 5.91 Å². The van der Waals surface area contributed by atoms with E-state index in [4.69, 9.17) is 4.74 Å². The van der Waals surface area contributed by atoms with Crippen molar-refractivity contribution in [2.45, 2.75) is 38.4 Å². The number of likely N-dealkylation sites (tertiary alicyclic amines) is 1. The molecule has 2 amide bonds. The Morgan fingerprint density at radius 2 is 2.23 bits per heavy atom. The molecule has 2 atom stereocenters. The number of H-pyrrole nitrogens is 1. The molecule has 0 aliphatic carbocycles. The molecule has 8 heteroatoms. The summed E-state index contributed by atoms with van der Waals surface area (Å²) in [5, 5.41) is 2.58. The van der Waals surface area contributed by atoms with Gasteiger partial charge in [0.1, 0.15) is 12.0 Å². The van der Waals surface area contributed by atoms with E-state index >= 15 is 0 Å². The Morgan fingerprint density at radius 1 is 1.42 bits per heavy atom. The van der Waals surface area contributed by atoms with Crippen molar-refractivity contribution >= 4 is 23.0 Å². The van der Waals surface area contributed by atoms with Crippen molar-refractivity contribution in [1.29, 1.82) is 0 Å².